The van der Waals surface area contributed by atoms with Crippen LogP contribution in [0.25, 0.3) is 0 Å². The minimum Gasteiger partial charge on any atom is -0.508 e. The maximum Gasteiger partial charge on any atom is 0.250 e. The van der Waals surface area contributed by atoms with Crippen molar-refractivity contribution in [2.75, 3.05) is 5.32 Å². The quantitative estimate of drug-likeness (QED) is 0.755. The van der Waals surface area contributed by atoms with Gasteiger partial charge in [-0.15, -0.1) is 0 Å². The second-order valence-corrected chi connectivity index (χ2v) is 4.86. The van der Waals surface area contributed by atoms with Crippen LogP contribution in [-0.4, -0.2) is 16.1 Å². The van der Waals surface area contributed by atoms with E-state index in [4.69, 9.17) is 0 Å². The molecule has 1 unspecified atom stereocenters. The van der Waals surface area contributed by atoms with Gasteiger partial charge < -0.3 is 15.5 Å². The van der Waals surface area contributed by atoms with Crippen LogP contribution in [-0.2, 0) is 4.79 Å². The number of nitrogens with one attached hydrogen (secondary N) is 1. The lowest BCUT2D eigenvalue weighted by molar-refractivity contribution is -0.112. The Bertz CT molecular complexity index is 665. The molecule has 4 nitrogen and oxygen atoms in total. The van der Waals surface area contributed by atoms with E-state index >= 15 is 0 Å². The van der Waals surface area contributed by atoms with Gasteiger partial charge in [-0.1, -0.05) is 36.9 Å². The van der Waals surface area contributed by atoms with Gasteiger partial charge in [-0.2, -0.15) is 0 Å². The number of carbonyl (C=O) groups excluding carboxylic acids is 1. The Morgan fingerprint density at radius 2 is 1.81 bits per heavy atom. The molecule has 0 heterocycles. The Hall–Kier alpha value is -2.59. The van der Waals surface area contributed by atoms with Crippen LogP contribution >= 0.6 is 0 Å². The van der Waals surface area contributed by atoms with Crippen LogP contribution in [0.15, 0.2) is 60.7 Å². The summed E-state index contributed by atoms with van der Waals surface area (Å²) in [6.45, 7) is 5.15. The number of benzene rings is 2. The SMILES string of the molecule is C=C(C)C(=O)Nc1cc(O)cc(C(O)c2ccccc2)c1. The Balaban J connectivity index is 2.30. The molecule has 0 spiro atoms. The summed E-state index contributed by atoms with van der Waals surface area (Å²) >= 11 is 0. The largest absolute Gasteiger partial charge is 0.508 e. The lowest BCUT2D eigenvalue weighted by Gasteiger charge is -2.14. The van der Waals surface area contributed by atoms with Gasteiger partial charge in [-0.25, -0.2) is 0 Å². The highest BCUT2D eigenvalue weighted by Crippen LogP contribution is 2.28. The molecule has 0 aromatic heterocycles. The fourth-order valence-corrected chi connectivity index (χ4v) is 1.93. The number of phenols is 1. The summed E-state index contributed by atoms with van der Waals surface area (Å²) in [5.74, 6) is -0.361. The maximum atomic E-state index is 11.6. The molecule has 1 amide bonds. The molecule has 4 heteroatoms. The maximum absolute atomic E-state index is 11.6. The van der Waals surface area contributed by atoms with Crippen LogP contribution in [0.4, 0.5) is 5.69 Å². The molecule has 21 heavy (non-hydrogen) atoms. The highest BCUT2D eigenvalue weighted by molar-refractivity contribution is 6.02. The van der Waals surface area contributed by atoms with Gasteiger partial charge in [0.2, 0.25) is 0 Å². The van der Waals surface area contributed by atoms with Crippen LogP contribution < -0.4 is 5.32 Å². The molecule has 0 saturated heterocycles. The molecule has 0 bridgehead atoms. The van der Waals surface area contributed by atoms with Crippen LogP contribution in [0, 0.1) is 0 Å². The number of aliphatic hydroxyl groups excluding tert-OH is 1. The average Bonchev–Trinajstić information content (AvgIpc) is 2.46. The first-order valence-electron chi connectivity index (χ1n) is 6.51. The summed E-state index contributed by atoms with van der Waals surface area (Å²) in [7, 11) is 0. The topological polar surface area (TPSA) is 69.6 Å². The molecule has 0 saturated carbocycles. The van der Waals surface area contributed by atoms with Crippen molar-refractivity contribution < 1.29 is 15.0 Å². The van der Waals surface area contributed by atoms with E-state index < -0.39 is 6.10 Å². The third kappa shape index (κ3) is 3.70. The zero-order valence-electron chi connectivity index (χ0n) is 11.7. The third-order valence-electron chi connectivity index (χ3n) is 3.02. The summed E-state index contributed by atoms with van der Waals surface area (Å²) in [4.78, 5) is 11.6. The fraction of sp³-hybridized carbons (Fsp3) is 0.118. The number of hydrogen-bond acceptors (Lipinski definition) is 3. The van der Waals surface area contributed by atoms with Crippen molar-refractivity contribution in [1.82, 2.24) is 0 Å². The van der Waals surface area contributed by atoms with Crippen molar-refractivity contribution in [1.29, 1.82) is 0 Å². The number of anilines is 1. The molecule has 2 aromatic carbocycles. The van der Waals surface area contributed by atoms with Crippen molar-refractivity contribution in [2.24, 2.45) is 0 Å². The summed E-state index contributed by atoms with van der Waals surface area (Å²) in [6.07, 6.45) is -0.876. The van der Waals surface area contributed by atoms with Gasteiger partial charge in [0.25, 0.3) is 5.91 Å². The van der Waals surface area contributed by atoms with Crippen LogP contribution in [0.5, 0.6) is 5.75 Å². The monoisotopic (exact) mass is 283 g/mol. The van der Waals surface area contributed by atoms with Crippen LogP contribution in [0.3, 0.4) is 0 Å². The Kier molecular flexibility index (Phi) is 4.40. The Labute approximate surface area is 123 Å². The second-order valence-electron chi connectivity index (χ2n) is 4.86. The predicted molar refractivity (Wildman–Crippen MR) is 82.1 cm³/mol. The molecule has 0 fully saturated rings. The fourth-order valence-electron chi connectivity index (χ4n) is 1.93. The summed E-state index contributed by atoms with van der Waals surface area (Å²) < 4.78 is 0. The first-order chi connectivity index (χ1) is 9.97. The molecule has 0 aliphatic carbocycles. The number of rotatable bonds is 4. The number of amides is 1. The summed E-state index contributed by atoms with van der Waals surface area (Å²) in [5.41, 5.74) is 1.98. The molecule has 2 aromatic rings. The number of aliphatic hydroxyl groups is 1. The normalized spacial score (nSPS) is 11.7. The number of hydrogen-bond donors (Lipinski definition) is 3. The van der Waals surface area contributed by atoms with E-state index in [2.05, 4.69) is 11.9 Å². The third-order valence-corrected chi connectivity index (χ3v) is 3.02. The van der Waals surface area contributed by atoms with Crippen molar-refractivity contribution in [2.45, 2.75) is 13.0 Å². The molecule has 1 atom stereocenters. The van der Waals surface area contributed by atoms with Crippen LogP contribution in [0.1, 0.15) is 24.2 Å². The highest BCUT2D eigenvalue weighted by atomic mass is 16.3. The van der Waals surface area contributed by atoms with Crippen LogP contribution in [0.2, 0.25) is 0 Å². The van der Waals surface area contributed by atoms with E-state index in [0.717, 1.165) is 0 Å². The van der Waals surface area contributed by atoms with Crippen molar-refractivity contribution in [3.63, 3.8) is 0 Å². The smallest absolute Gasteiger partial charge is 0.250 e. The standard InChI is InChI=1S/C17H17NO3/c1-11(2)17(21)18-14-8-13(9-15(19)10-14)16(20)12-6-4-3-5-7-12/h3-10,16,19-20H,1H2,2H3,(H,18,21). The molecule has 0 radical (unpaired) electrons. The highest BCUT2D eigenvalue weighted by Gasteiger charge is 2.13. The van der Waals surface area contributed by atoms with E-state index in [1.54, 1.807) is 25.1 Å². The molecule has 0 aliphatic heterocycles. The molecular weight excluding hydrogens is 266 g/mol. The lowest BCUT2D eigenvalue weighted by Crippen LogP contribution is -2.12. The Morgan fingerprint density at radius 1 is 1.14 bits per heavy atom. The van der Waals surface area contributed by atoms with Gasteiger partial charge >= 0.3 is 0 Å². The van der Waals surface area contributed by atoms with E-state index in [9.17, 15) is 15.0 Å². The molecule has 3 N–H and O–H groups in total. The van der Waals surface area contributed by atoms with E-state index in [-0.39, 0.29) is 11.7 Å². The predicted octanol–water partition coefficient (Wildman–Crippen LogP) is 2.99. The number of aromatic hydroxyl groups is 1. The molecule has 108 valence electrons. The molecule has 0 aliphatic rings. The second kappa shape index (κ2) is 6.24. The van der Waals surface area contributed by atoms with Gasteiger partial charge in [0, 0.05) is 17.3 Å². The van der Waals surface area contributed by atoms with Gasteiger partial charge in [-0.05, 0) is 30.2 Å². The zero-order valence-corrected chi connectivity index (χ0v) is 11.7. The Morgan fingerprint density at radius 3 is 2.43 bits per heavy atom. The lowest BCUT2D eigenvalue weighted by atomic mass is 10.0. The number of phenolic OH excluding ortho intramolecular Hbond substituents is 1. The van der Waals surface area contributed by atoms with Crippen molar-refractivity contribution in [3.8, 4) is 5.75 Å². The minimum atomic E-state index is -0.876. The van der Waals surface area contributed by atoms with Gasteiger partial charge in [0.15, 0.2) is 0 Å². The number of carbonyl (C=O) groups is 1. The first-order valence-corrected chi connectivity index (χ1v) is 6.51. The van der Waals surface area contributed by atoms with Gasteiger partial charge in [-0.3, -0.25) is 4.79 Å². The molecular formula is C17H17NO3. The van der Waals surface area contributed by atoms with E-state index in [1.807, 2.05) is 18.2 Å². The summed E-state index contributed by atoms with van der Waals surface area (Å²) in [6, 6.07) is 13.6. The first kappa shape index (κ1) is 14.8. The van der Waals surface area contributed by atoms with E-state index in [0.29, 0.717) is 22.4 Å². The minimum absolute atomic E-state index is 0.0282. The van der Waals surface area contributed by atoms with E-state index in [1.165, 1.54) is 12.1 Å². The van der Waals surface area contributed by atoms with Gasteiger partial charge in [0.05, 0.1) is 0 Å². The van der Waals surface area contributed by atoms with Crippen molar-refractivity contribution >= 4 is 11.6 Å². The summed E-state index contributed by atoms with van der Waals surface area (Å²) in [5, 5.41) is 22.7. The molecule has 2 rings (SSSR count). The average molecular weight is 283 g/mol. The van der Waals surface area contributed by atoms with Gasteiger partial charge in [0.1, 0.15) is 11.9 Å². The zero-order chi connectivity index (χ0) is 15.4. The van der Waals surface area contributed by atoms with Crippen molar-refractivity contribution in [3.05, 3.63) is 71.8 Å².